The summed E-state index contributed by atoms with van der Waals surface area (Å²) in [6.45, 7) is 6.94. The van der Waals surface area contributed by atoms with E-state index < -0.39 is 29.0 Å². The highest BCUT2D eigenvalue weighted by molar-refractivity contribution is 5.85. The van der Waals surface area contributed by atoms with E-state index in [9.17, 15) is 19.7 Å². The zero-order valence-electron chi connectivity index (χ0n) is 16.1. The number of benzene rings is 1. The van der Waals surface area contributed by atoms with E-state index in [0.717, 1.165) is 5.56 Å². The number of nitrogens with zero attached hydrogens (tertiary/aromatic N) is 1. The molecule has 27 heavy (non-hydrogen) atoms. The molecule has 2 unspecified atom stereocenters. The molecule has 8 heteroatoms. The van der Waals surface area contributed by atoms with Gasteiger partial charge in [0.15, 0.2) is 0 Å². The molecule has 0 saturated heterocycles. The Morgan fingerprint density at radius 2 is 1.81 bits per heavy atom. The standard InChI is InChI=1S/C19H27N3O5/c1-13(2)10-17(18(23)20-14(3)11-15(4)22(25)26)21-19(24)27-12-16-8-6-5-7-9-16/h5-9,11,13-14,17H,10,12H2,1-4H3,(H,20,23)(H,21,24). The van der Waals surface area contributed by atoms with Crippen molar-refractivity contribution < 1.29 is 19.2 Å². The third-order valence-electron chi connectivity index (χ3n) is 3.68. The molecule has 8 nitrogen and oxygen atoms in total. The molecule has 1 aromatic rings. The Hall–Kier alpha value is -2.90. The van der Waals surface area contributed by atoms with Crippen LogP contribution in [0.25, 0.3) is 0 Å². The fraction of sp³-hybridized carbons (Fsp3) is 0.474. The largest absolute Gasteiger partial charge is 0.445 e. The van der Waals surface area contributed by atoms with Crippen LogP contribution in [0.1, 0.15) is 39.7 Å². The number of rotatable bonds is 9. The molecule has 0 aliphatic rings. The lowest BCUT2D eigenvalue weighted by molar-refractivity contribution is -0.424. The number of ether oxygens (including phenoxy) is 1. The average Bonchev–Trinajstić information content (AvgIpc) is 2.59. The monoisotopic (exact) mass is 377 g/mol. The van der Waals surface area contributed by atoms with Crippen molar-refractivity contribution in [1.82, 2.24) is 10.6 Å². The number of allylic oxidation sites excluding steroid dienone is 1. The van der Waals surface area contributed by atoms with Crippen LogP contribution in [-0.4, -0.2) is 29.0 Å². The van der Waals surface area contributed by atoms with Crippen LogP contribution >= 0.6 is 0 Å². The van der Waals surface area contributed by atoms with Gasteiger partial charge in [0.25, 0.3) is 0 Å². The van der Waals surface area contributed by atoms with Gasteiger partial charge in [-0.2, -0.15) is 0 Å². The lowest BCUT2D eigenvalue weighted by atomic mass is 10.0. The second-order valence-corrected chi connectivity index (χ2v) is 6.75. The van der Waals surface area contributed by atoms with E-state index in [1.54, 1.807) is 6.92 Å². The molecule has 2 amide bonds. The van der Waals surface area contributed by atoms with Crippen LogP contribution < -0.4 is 10.6 Å². The van der Waals surface area contributed by atoms with Crippen molar-refractivity contribution in [3.05, 3.63) is 57.8 Å². The van der Waals surface area contributed by atoms with Gasteiger partial charge in [-0.05, 0) is 24.8 Å². The third kappa shape index (κ3) is 8.84. The third-order valence-corrected chi connectivity index (χ3v) is 3.68. The molecule has 0 fully saturated rings. The quantitative estimate of drug-likeness (QED) is 0.508. The molecule has 0 radical (unpaired) electrons. The maximum absolute atomic E-state index is 12.5. The van der Waals surface area contributed by atoms with Gasteiger partial charge in [-0.25, -0.2) is 4.79 Å². The van der Waals surface area contributed by atoms with Crippen LogP contribution in [0.3, 0.4) is 0 Å². The summed E-state index contributed by atoms with van der Waals surface area (Å²) in [5.74, 6) is -0.262. The minimum atomic E-state index is -0.792. The fourth-order valence-electron chi connectivity index (χ4n) is 2.40. The zero-order valence-corrected chi connectivity index (χ0v) is 16.1. The van der Waals surface area contributed by atoms with Gasteiger partial charge in [0.05, 0.1) is 11.0 Å². The Morgan fingerprint density at radius 3 is 2.37 bits per heavy atom. The first-order valence-corrected chi connectivity index (χ1v) is 8.79. The van der Waals surface area contributed by atoms with Crippen molar-refractivity contribution in [3.8, 4) is 0 Å². The predicted octanol–water partition coefficient (Wildman–Crippen LogP) is 3.01. The van der Waals surface area contributed by atoms with Crippen molar-refractivity contribution in [3.63, 3.8) is 0 Å². The molecule has 1 rings (SSSR count). The van der Waals surface area contributed by atoms with E-state index in [-0.39, 0.29) is 18.2 Å². The molecule has 0 aliphatic heterocycles. The Bertz CT molecular complexity index is 673. The van der Waals surface area contributed by atoms with Crippen molar-refractivity contribution >= 4 is 12.0 Å². The van der Waals surface area contributed by atoms with E-state index in [4.69, 9.17) is 4.74 Å². The summed E-state index contributed by atoms with van der Waals surface area (Å²) in [5.41, 5.74) is 0.782. The molecule has 0 spiro atoms. The first-order chi connectivity index (χ1) is 12.7. The van der Waals surface area contributed by atoms with Crippen molar-refractivity contribution in [2.24, 2.45) is 5.92 Å². The molecule has 0 bridgehead atoms. The van der Waals surface area contributed by atoms with E-state index in [0.29, 0.717) is 6.42 Å². The van der Waals surface area contributed by atoms with Crippen LogP contribution in [0.4, 0.5) is 4.79 Å². The Kier molecular flexibility index (Phi) is 8.98. The van der Waals surface area contributed by atoms with Gasteiger partial charge >= 0.3 is 6.09 Å². The topological polar surface area (TPSA) is 111 Å². The van der Waals surface area contributed by atoms with Gasteiger partial charge in [-0.3, -0.25) is 14.9 Å². The number of alkyl carbamates (subject to hydrolysis) is 1. The molecule has 0 saturated carbocycles. The number of hydrogen-bond donors (Lipinski definition) is 2. The summed E-state index contributed by atoms with van der Waals surface area (Å²) >= 11 is 0. The number of hydrogen-bond acceptors (Lipinski definition) is 5. The Balaban J connectivity index is 2.65. The maximum atomic E-state index is 12.5. The molecular formula is C19H27N3O5. The van der Waals surface area contributed by atoms with E-state index in [2.05, 4.69) is 10.6 Å². The Morgan fingerprint density at radius 1 is 1.19 bits per heavy atom. The van der Waals surface area contributed by atoms with Gasteiger partial charge < -0.3 is 15.4 Å². The van der Waals surface area contributed by atoms with Gasteiger partial charge in [0.1, 0.15) is 12.6 Å². The van der Waals surface area contributed by atoms with Crippen molar-refractivity contribution in [2.75, 3.05) is 0 Å². The minimum Gasteiger partial charge on any atom is -0.445 e. The normalized spacial score (nSPS) is 13.6. The zero-order chi connectivity index (χ0) is 20.4. The summed E-state index contributed by atoms with van der Waals surface area (Å²) in [4.78, 5) is 34.7. The molecular weight excluding hydrogens is 350 g/mol. The summed E-state index contributed by atoms with van der Waals surface area (Å²) in [7, 11) is 0. The van der Waals surface area contributed by atoms with Crippen LogP contribution in [0, 0.1) is 16.0 Å². The Labute approximate surface area is 159 Å². The highest BCUT2D eigenvalue weighted by atomic mass is 16.6. The number of nitro groups is 1. The van der Waals surface area contributed by atoms with Crippen LogP contribution in [0.15, 0.2) is 42.1 Å². The first kappa shape index (κ1) is 22.1. The molecule has 1 aromatic carbocycles. The first-order valence-electron chi connectivity index (χ1n) is 8.79. The van der Waals surface area contributed by atoms with Crippen LogP contribution in [0.5, 0.6) is 0 Å². The van der Waals surface area contributed by atoms with Gasteiger partial charge in [0.2, 0.25) is 11.6 Å². The summed E-state index contributed by atoms with van der Waals surface area (Å²) in [6, 6.07) is 7.87. The summed E-state index contributed by atoms with van der Waals surface area (Å²) < 4.78 is 5.16. The number of amides is 2. The maximum Gasteiger partial charge on any atom is 0.408 e. The number of nitrogens with one attached hydrogen (secondary N) is 2. The molecule has 0 aliphatic carbocycles. The van der Waals surface area contributed by atoms with Gasteiger partial charge in [0, 0.05) is 13.0 Å². The van der Waals surface area contributed by atoms with Crippen LogP contribution in [-0.2, 0) is 16.1 Å². The fourth-order valence-corrected chi connectivity index (χ4v) is 2.40. The molecule has 2 atom stereocenters. The summed E-state index contributed by atoms with van der Waals surface area (Å²) in [5, 5.41) is 15.9. The molecule has 0 heterocycles. The lowest BCUT2D eigenvalue weighted by Crippen LogP contribution is -2.49. The van der Waals surface area contributed by atoms with E-state index >= 15 is 0 Å². The molecule has 148 valence electrons. The second-order valence-electron chi connectivity index (χ2n) is 6.75. The van der Waals surface area contributed by atoms with E-state index in [1.807, 2.05) is 44.2 Å². The molecule has 0 aromatic heterocycles. The highest BCUT2D eigenvalue weighted by Crippen LogP contribution is 2.07. The van der Waals surface area contributed by atoms with Crippen molar-refractivity contribution in [2.45, 2.75) is 52.8 Å². The highest BCUT2D eigenvalue weighted by Gasteiger charge is 2.24. The van der Waals surface area contributed by atoms with E-state index in [1.165, 1.54) is 13.0 Å². The molecule has 2 N–H and O–H groups in total. The van der Waals surface area contributed by atoms with Crippen LogP contribution in [0.2, 0.25) is 0 Å². The SMILES string of the molecule is CC(=CC(C)NC(=O)C(CC(C)C)NC(=O)OCc1ccccc1)[N+](=O)[O-]. The lowest BCUT2D eigenvalue weighted by Gasteiger charge is -2.21. The average molecular weight is 377 g/mol. The van der Waals surface area contributed by atoms with Crippen molar-refractivity contribution in [1.29, 1.82) is 0 Å². The predicted molar refractivity (Wildman–Crippen MR) is 101 cm³/mol. The smallest absolute Gasteiger partial charge is 0.408 e. The number of carbonyl (C=O) groups excluding carboxylic acids is 2. The van der Waals surface area contributed by atoms with Gasteiger partial charge in [-0.1, -0.05) is 44.2 Å². The summed E-state index contributed by atoms with van der Waals surface area (Å²) in [6.07, 6.45) is 1.07. The second kappa shape index (κ2) is 10.9. The number of carbonyl (C=O) groups is 2. The minimum absolute atomic E-state index is 0.0570. The van der Waals surface area contributed by atoms with Gasteiger partial charge in [-0.15, -0.1) is 0 Å².